The van der Waals surface area contributed by atoms with Gasteiger partial charge in [0.25, 0.3) is 5.91 Å². The molecule has 3 heterocycles. The smallest absolute Gasteiger partial charge is 0.416 e. The van der Waals surface area contributed by atoms with Gasteiger partial charge in [-0.25, -0.2) is 9.18 Å². The summed E-state index contributed by atoms with van der Waals surface area (Å²) in [6.45, 7) is 6.26. The van der Waals surface area contributed by atoms with Crippen molar-refractivity contribution in [1.82, 2.24) is 34.3 Å². The number of unbranched alkanes of at least 4 members (excludes halogenated alkanes) is 2. The standard InChI is InChI=1S/C71H87F7N8O8/c1-80(33-14-6-9-22-63(87)83(4)42-43-84-35-28-58(29-36-84)94-67(91)79-61-21-13-11-19-59(61)51-16-7-5-8-17-51)40-41-82(3)64(88)23-15-34-81(2)65(89)48-92-62-46-52-18-10-12-20-60(52)68(62)30-37-85(38-31-68)39-32-69(54-24-26-57(72)27-25-54)49-86(50-93-69)66(90)53-44-55(70(73,74)75)47-56(45-53)71(76,77)78/h5,7-8,10-13,16-21,24-27,44-45,47,58,62H,6,9,14-15,22-23,28-43,46,48-50H2,1-4H3,(H,79,91)/t62-,69-/m0/s1. The summed E-state index contributed by atoms with van der Waals surface area (Å²) >= 11 is 0. The Morgan fingerprint density at radius 2 is 1.26 bits per heavy atom. The first kappa shape index (κ1) is 70.9. The Kier molecular flexibility index (Phi) is 24.0. The van der Waals surface area contributed by atoms with Crippen molar-refractivity contribution in [1.29, 1.82) is 0 Å². The SMILES string of the molecule is CN(CCCCCC(=O)N(C)CCN1CCC(OC(=O)Nc2ccccc2-c2ccccc2)CC1)CCN(C)C(=O)CCCN(C)C(=O)CO[C@H]1Cc2ccccc2C12CCN(CC[C@@]1(c3ccc(F)cc3)CN(C(=O)c3cc(C(F)(F)F)cc(C(F)(F)F)c3)CO1)CC2. The molecule has 0 saturated carbocycles. The molecule has 0 unspecified atom stereocenters. The van der Waals surface area contributed by atoms with E-state index in [-0.39, 0.29) is 62.0 Å². The van der Waals surface area contributed by atoms with Crippen LogP contribution in [0, 0.1) is 5.82 Å². The minimum absolute atomic E-state index is 0.0105. The van der Waals surface area contributed by atoms with Crippen molar-refractivity contribution in [3.63, 3.8) is 0 Å². The van der Waals surface area contributed by atoms with Crippen LogP contribution in [0.25, 0.3) is 11.1 Å². The molecule has 5 amide bonds. The van der Waals surface area contributed by atoms with E-state index in [1.807, 2.05) is 80.8 Å². The number of hydrogen-bond donors (Lipinski definition) is 1. The van der Waals surface area contributed by atoms with Gasteiger partial charge in [-0.2, -0.15) is 26.3 Å². The first-order valence-corrected chi connectivity index (χ1v) is 32.6. The second-order valence-electron chi connectivity index (χ2n) is 25.6. The van der Waals surface area contributed by atoms with E-state index in [9.17, 15) is 54.7 Å². The maximum Gasteiger partial charge on any atom is 0.416 e. The van der Waals surface area contributed by atoms with Crippen molar-refractivity contribution >= 4 is 35.4 Å². The Hall–Kier alpha value is -7.44. The molecule has 4 aliphatic rings. The Balaban J connectivity index is 0.640. The van der Waals surface area contributed by atoms with Crippen LogP contribution in [0.15, 0.2) is 121 Å². The van der Waals surface area contributed by atoms with E-state index < -0.39 is 64.6 Å². The average molecular weight is 1310 g/mol. The molecule has 1 aliphatic carbocycles. The number of fused-ring (bicyclic) bond motifs is 2. The molecule has 0 aromatic heterocycles. The van der Waals surface area contributed by atoms with E-state index in [4.69, 9.17) is 14.2 Å². The highest BCUT2D eigenvalue weighted by Gasteiger charge is 2.50. The van der Waals surface area contributed by atoms with Gasteiger partial charge in [0.05, 0.1) is 29.5 Å². The molecular weight excluding hydrogens is 1230 g/mol. The van der Waals surface area contributed by atoms with Gasteiger partial charge in [-0.05, 0) is 143 Å². The van der Waals surface area contributed by atoms with Gasteiger partial charge < -0.3 is 48.5 Å². The molecule has 1 N–H and O–H groups in total. The Bertz CT molecular complexity index is 3330. The van der Waals surface area contributed by atoms with Crippen LogP contribution in [-0.2, 0) is 58.4 Å². The number of ether oxygens (including phenoxy) is 3. The van der Waals surface area contributed by atoms with Crippen LogP contribution in [0.5, 0.6) is 0 Å². The number of para-hydroxylation sites is 1. The molecule has 0 radical (unpaired) electrons. The Morgan fingerprint density at radius 3 is 1.95 bits per heavy atom. The summed E-state index contributed by atoms with van der Waals surface area (Å²) in [4.78, 5) is 79.3. The highest BCUT2D eigenvalue weighted by Crippen LogP contribution is 2.48. The van der Waals surface area contributed by atoms with Gasteiger partial charge in [0.15, 0.2) is 0 Å². The fraction of sp³-hybridized carbons (Fsp3) is 0.507. The van der Waals surface area contributed by atoms with E-state index in [0.29, 0.717) is 101 Å². The Labute approximate surface area is 546 Å². The van der Waals surface area contributed by atoms with Crippen molar-refractivity contribution < 1.29 is 68.9 Å². The largest absolute Gasteiger partial charge is 0.446 e. The molecule has 94 heavy (non-hydrogen) atoms. The number of likely N-dealkylation sites (N-methyl/N-ethyl adjacent to an activating group) is 4. The number of rotatable bonds is 27. The molecule has 5 aromatic rings. The van der Waals surface area contributed by atoms with E-state index in [0.717, 1.165) is 85.4 Å². The molecule has 508 valence electrons. The van der Waals surface area contributed by atoms with Crippen molar-refractivity contribution in [2.45, 2.75) is 113 Å². The predicted molar refractivity (Wildman–Crippen MR) is 343 cm³/mol. The van der Waals surface area contributed by atoms with Crippen LogP contribution in [0.3, 0.4) is 0 Å². The highest BCUT2D eigenvalue weighted by atomic mass is 19.4. The van der Waals surface area contributed by atoms with Gasteiger partial charge >= 0.3 is 18.4 Å². The number of nitrogens with zero attached hydrogens (tertiary/aromatic N) is 7. The second-order valence-corrected chi connectivity index (χ2v) is 25.6. The normalized spacial score (nSPS) is 18.5. The second kappa shape index (κ2) is 31.9. The van der Waals surface area contributed by atoms with Crippen LogP contribution in [-0.4, -0.2) is 196 Å². The highest BCUT2D eigenvalue weighted by molar-refractivity contribution is 5.95. The average Bonchev–Trinajstić information content (AvgIpc) is 1.58. The fourth-order valence-electron chi connectivity index (χ4n) is 13.4. The zero-order chi connectivity index (χ0) is 67.2. The molecule has 23 heteroatoms. The maximum absolute atomic E-state index is 14.2. The lowest BCUT2D eigenvalue weighted by atomic mass is 9.72. The number of likely N-dealkylation sites (tertiary alicyclic amines) is 2. The number of alkyl halides is 6. The van der Waals surface area contributed by atoms with E-state index in [1.54, 1.807) is 28.8 Å². The summed E-state index contributed by atoms with van der Waals surface area (Å²) in [7, 11) is 7.37. The summed E-state index contributed by atoms with van der Waals surface area (Å²) in [5.41, 5.74) is -0.230. The molecule has 2 atom stereocenters. The minimum Gasteiger partial charge on any atom is -0.446 e. The molecule has 0 bridgehead atoms. The first-order valence-electron chi connectivity index (χ1n) is 32.6. The lowest BCUT2D eigenvalue weighted by Gasteiger charge is -2.44. The summed E-state index contributed by atoms with van der Waals surface area (Å²) in [5, 5.41) is 2.93. The Morgan fingerprint density at radius 1 is 0.638 bits per heavy atom. The molecule has 3 fully saturated rings. The number of piperidine rings is 2. The monoisotopic (exact) mass is 1310 g/mol. The number of anilines is 1. The zero-order valence-corrected chi connectivity index (χ0v) is 54.1. The fourth-order valence-corrected chi connectivity index (χ4v) is 13.4. The first-order chi connectivity index (χ1) is 44.9. The van der Waals surface area contributed by atoms with Crippen molar-refractivity contribution in [3.05, 3.63) is 161 Å². The van der Waals surface area contributed by atoms with Crippen LogP contribution < -0.4 is 5.32 Å². The van der Waals surface area contributed by atoms with Crippen molar-refractivity contribution in [3.8, 4) is 11.1 Å². The summed E-state index contributed by atoms with van der Waals surface area (Å²) in [6.07, 6.45) is -3.68. The maximum atomic E-state index is 14.2. The molecule has 3 aliphatic heterocycles. The minimum atomic E-state index is -5.15. The molecule has 16 nitrogen and oxygen atoms in total. The van der Waals surface area contributed by atoms with Crippen molar-refractivity contribution in [2.75, 3.05) is 125 Å². The predicted octanol–water partition coefficient (Wildman–Crippen LogP) is 11.6. The number of carbonyl (C=O) groups excluding carboxylic acids is 5. The van der Waals surface area contributed by atoms with Crippen LogP contribution in [0.2, 0.25) is 0 Å². The van der Waals surface area contributed by atoms with Gasteiger partial charge in [0.2, 0.25) is 17.7 Å². The topological polar surface area (TPSA) is 148 Å². The van der Waals surface area contributed by atoms with Gasteiger partial charge in [-0.15, -0.1) is 0 Å². The molecular formula is C71H87F7N8O8. The molecule has 1 spiro atoms. The third kappa shape index (κ3) is 18.5. The number of nitrogens with one attached hydrogen (secondary N) is 1. The van der Waals surface area contributed by atoms with Gasteiger partial charge in [-0.1, -0.05) is 91.3 Å². The van der Waals surface area contributed by atoms with Crippen LogP contribution >= 0.6 is 0 Å². The summed E-state index contributed by atoms with van der Waals surface area (Å²) < 4.78 is 115. The number of benzene rings is 5. The van der Waals surface area contributed by atoms with E-state index in [2.05, 4.69) is 32.1 Å². The molecule has 5 aromatic carbocycles. The lowest BCUT2D eigenvalue weighted by molar-refractivity contribution is -0.143. The third-order valence-corrected chi connectivity index (χ3v) is 19.2. The summed E-state index contributed by atoms with van der Waals surface area (Å²) in [5.74, 6) is -1.69. The third-order valence-electron chi connectivity index (χ3n) is 19.2. The summed E-state index contributed by atoms with van der Waals surface area (Å²) in [6, 6.07) is 31.9. The van der Waals surface area contributed by atoms with Gasteiger partial charge in [0.1, 0.15) is 30.9 Å². The number of hydrogen-bond acceptors (Lipinski definition) is 11. The quantitative estimate of drug-likeness (QED) is 0.0396. The van der Waals surface area contributed by atoms with Crippen LogP contribution in [0.4, 0.5) is 41.2 Å². The molecule has 9 rings (SSSR count). The molecule has 3 saturated heterocycles. The van der Waals surface area contributed by atoms with E-state index in [1.165, 1.54) is 24.3 Å². The van der Waals surface area contributed by atoms with Gasteiger partial charge in [-0.3, -0.25) is 24.5 Å². The van der Waals surface area contributed by atoms with E-state index >= 15 is 0 Å². The van der Waals surface area contributed by atoms with Gasteiger partial charge in [0, 0.05) is 103 Å². The van der Waals surface area contributed by atoms with Crippen LogP contribution in [0.1, 0.15) is 109 Å². The number of amides is 5. The lowest BCUT2D eigenvalue weighted by Crippen LogP contribution is -2.50. The number of halogens is 7. The van der Waals surface area contributed by atoms with Crippen molar-refractivity contribution in [2.24, 2.45) is 0 Å². The number of carbonyl (C=O) groups is 5. The zero-order valence-electron chi connectivity index (χ0n) is 54.1.